The van der Waals surface area contributed by atoms with Gasteiger partial charge in [0.2, 0.25) is 5.91 Å². The second-order valence-corrected chi connectivity index (χ2v) is 5.83. The Morgan fingerprint density at radius 2 is 2.11 bits per heavy atom. The minimum absolute atomic E-state index is 0.395. The smallest absolute Gasteiger partial charge is 0.305 e. The Morgan fingerprint density at radius 1 is 1.44 bits per heavy atom. The van der Waals surface area contributed by atoms with Crippen molar-refractivity contribution in [2.45, 2.75) is 16.6 Å². The summed E-state index contributed by atoms with van der Waals surface area (Å²) < 4.78 is 37.4. The van der Waals surface area contributed by atoms with E-state index in [1.54, 1.807) is 0 Å². The van der Waals surface area contributed by atoms with Gasteiger partial charge in [-0.1, -0.05) is 6.07 Å². The number of halogens is 1. The number of benzene rings is 1. The Bertz CT molecular complexity index is 640. The highest BCUT2D eigenvalue weighted by Crippen LogP contribution is 2.33. The average Bonchev–Trinajstić information content (AvgIpc) is 2.26. The summed E-state index contributed by atoms with van der Waals surface area (Å²) in [5, 5.41) is 8.95. The van der Waals surface area contributed by atoms with Gasteiger partial charge in [-0.05, 0) is 12.1 Å². The summed E-state index contributed by atoms with van der Waals surface area (Å²) >= 11 is 0. The first-order valence-electron chi connectivity index (χ1n) is 4.89. The molecule has 1 unspecified atom stereocenters. The van der Waals surface area contributed by atoms with E-state index in [4.69, 9.17) is 5.11 Å². The van der Waals surface area contributed by atoms with Crippen molar-refractivity contribution in [1.29, 1.82) is 0 Å². The molecule has 1 aliphatic rings. The van der Waals surface area contributed by atoms with Crippen molar-refractivity contribution in [2.75, 3.05) is 5.32 Å². The summed E-state index contributed by atoms with van der Waals surface area (Å²) in [4.78, 5) is 21.7. The first-order chi connectivity index (χ1) is 8.34. The number of para-hydroxylation sites is 1. The zero-order valence-corrected chi connectivity index (χ0v) is 9.70. The van der Waals surface area contributed by atoms with Crippen LogP contribution in [0.4, 0.5) is 10.1 Å². The van der Waals surface area contributed by atoms with E-state index < -0.39 is 49.8 Å². The minimum atomic E-state index is -4.18. The van der Waals surface area contributed by atoms with Crippen molar-refractivity contribution in [3.63, 3.8) is 0 Å². The van der Waals surface area contributed by atoms with Gasteiger partial charge in [0.15, 0.2) is 15.1 Å². The lowest BCUT2D eigenvalue weighted by Crippen LogP contribution is -2.41. The van der Waals surface area contributed by atoms with E-state index in [0.717, 1.165) is 12.1 Å². The van der Waals surface area contributed by atoms with E-state index in [0.29, 0.717) is 0 Å². The van der Waals surface area contributed by atoms with E-state index in [9.17, 15) is 22.4 Å². The molecule has 0 saturated carbocycles. The molecule has 2 N–H and O–H groups in total. The molecule has 0 aliphatic carbocycles. The van der Waals surface area contributed by atoms with Gasteiger partial charge in [0.25, 0.3) is 0 Å². The van der Waals surface area contributed by atoms with E-state index in [2.05, 4.69) is 5.32 Å². The van der Waals surface area contributed by atoms with Crippen LogP contribution in [-0.2, 0) is 19.4 Å². The number of rotatable bonds is 2. The molecule has 1 aromatic carbocycles. The Kier molecular flexibility index (Phi) is 2.81. The summed E-state index contributed by atoms with van der Waals surface area (Å²) in [5.41, 5.74) is -0.427. The maximum atomic E-state index is 13.4. The van der Waals surface area contributed by atoms with Crippen LogP contribution < -0.4 is 5.32 Å². The van der Waals surface area contributed by atoms with Crippen molar-refractivity contribution < 1.29 is 27.5 Å². The topological polar surface area (TPSA) is 101 Å². The summed E-state index contributed by atoms with van der Waals surface area (Å²) in [7, 11) is -4.18. The van der Waals surface area contributed by atoms with Crippen LogP contribution in [0.1, 0.15) is 6.42 Å². The van der Waals surface area contributed by atoms with Crippen LogP contribution in [0.3, 0.4) is 0 Å². The van der Waals surface area contributed by atoms with Crippen LogP contribution in [0, 0.1) is 5.82 Å². The van der Waals surface area contributed by atoms with E-state index >= 15 is 0 Å². The summed E-state index contributed by atoms with van der Waals surface area (Å²) in [6.45, 7) is 0. The molecule has 0 spiro atoms. The van der Waals surface area contributed by atoms with Crippen molar-refractivity contribution in [3.05, 3.63) is 24.0 Å². The fraction of sp³-hybridized carbons (Fsp3) is 0.200. The van der Waals surface area contributed by atoms with Crippen molar-refractivity contribution in [2.24, 2.45) is 0 Å². The quantitative estimate of drug-likeness (QED) is 0.812. The van der Waals surface area contributed by atoms with Gasteiger partial charge in [0.1, 0.15) is 5.82 Å². The van der Waals surface area contributed by atoms with Crippen LogP contribution in [0.25, 0.3) is 0 Å². The number of hydrogen-bond donors (Lipinski definition) is 2. The Balaban J connectivity index is 2.61. The lowest BCUT2D eigenvalue weighted by Gasteiger charge is -2.23. The summed E-state index contributed by atoms with van der Waals surface area (Å²) in [5.74, 6) is -3.33. The highest BCUT2D eigenvalue weighted by Gasteiger charge is 2.42. The molecular formula is C10H8FNO5S. The monoisotopic (exact) mass is 273 g/mol. The van der Waals surface area contributed by atoms with Crippen molar-refractivity contribution >= 4 is 27.4 Å². The number of fused-ring (bicyclic) bond motifs is 1. The van der Waals surface area contributed by atoms with Crippen LogP contribution in [0.2, 0.25) is 0 Å². The molecular weight excluding hydrogens is 265 g/mol. The van der Waals surface area contributed by atoms with Gasteiger partial charge in [-0.25, -0.2) is 12.8 Å². The Hall–Kier alpha value is -1.96. The zero-order valence-electron chi connectivity index (χ0n) is 8.88. The van der Waals surface area contributed by atoms with Gasteiger partial charge in [-0.3, -0.25) is 9.59 Å². The highest BCUT2D eigenvalue weighted by molar-refractivity contribution is 7.93. The lowest BCUT2D eigenvalue weighted by atomic mass is 10.2. The van der Waals surface area contributed by atoms with Gasteiger partial charge in [0.05, 0.1) is 17.0 Å². The van der Waals surface area contributed by atoms with Crippen LogP contribution in [0.5, 0.6) is 0 Å². The molecule has 8 heteroatoms. The minimum Gasteiger partial charge on any atom is -0.481 e. The van der Waals surface area contributed by atoms with Crippen LogP contribution in [-0.4, -0.2) is 30.7 Å². The number of anilines is 1. The number of carbonyl (C=O) groups is 2. The molecule has 1 amide bonds. The van der Waals surface area contributed by atoms with Gasteiger partial charge in [0, 0.05) is 0 Å². The van der Waals surface area contributed by atoms with Gasteiger partial charge < -0.3 is 10.4 Å². The molecule has 1 aromatic rings. The van der Waals surface area contributed by atoms with E-state index in [-0.39, 0.29) is 0 Å². The van der Waals surface area contributed by atoms with Gasteiger partial charge in [-0.15, -0.1) is 0 Å². The third-order valence-corrected chi connectivity index (χ3v) is 4.64. The zero-order chi connectivity index (χ0) is 13.5. The van der Waals surface area contributed by atoms with Gasteiger partial charge in [-0.2, -0.15) is 0 Å². The number of amides is 1. The molecule has 2 rings (SSSR count). The molecule has 18 heavy (non-hydrogen) atoms. The molecule has 0 fully saturated rings. The Labute approximate surface area is 101 Å². The number of nitrogens with one attached hydrogen (secondary N) is 1. The van der Waals surface area contributed by atoms with Crippen LogP contribution in [0.15, 0.2) is 23.1 Å². The number of aliphatic carboxylic acids is 1. The molecule has 6 nitrogen and oxygen atoms in total. The molecule has 0 aromatic heterocycles. The number of sulfone groups is 1. The molecule has 1 heterocycles. The maximum Gasteiger partial charge on any atom is 0.305 e. The second-order valence-electron chi connectivity index (χ2n) is 3.73. The predicted molar refractivity (Wildman–Crippen MR) is 58.3 cm³/mol. The third-order valence-electron chi connectivity index (χ3n) is 2.56. The lowest BCUT2D eigenvalue weighted by molar-refractivity contribution is -0.138. The van der Waals surface area contributed by atoms with Crippen molar-refractivity contribution in [3.8, 4) is 0 Å². The first kappa shape index (κ1) is 12.5. The number of carboxylic acid groups (broad SMARTS) is 1. The fourth-order valence-corrected chi connectivity index (χ4v) is 3.43. The van der Waals surface area contributed by atoms with Crippen molar-refractivity contribution in [1.82, 2.24) is 0 Å². The molecule has 1 atom stereocenters. The third kappa shape index (κ3) is 1.84. The molecule has 96 valence electrons. The molecule has 0 radical (unpaired) electrons. The maximum absolute atomic E-state index is 13.4. The average molecular weight is 273 g/mol. The predicted octanol–water partition coefficient (Wildman–Crippen LogP) is 0.395. The Morgan fingerprint density at radius 3 is 2.72 bits per heavy atom. The molecule has 0 bridgehead atoms. The molecule has 1 aliphatic heterocycles. The van der Waals surface area contributed by atoms with Gasteiger partial charge >= 0.3 is 5.97 Å². The molecule has 0 saturated heterocycles. The standard InChI is InChI=1S/C10H8FNO5S/c11-5-2-1-3-6-9(5)12-10(15)7(4-8(13)14)18(6,16)17/h1-3,7H,4H2,(H,12,15)(H,13,14). The van der Waals surface area contributed by atoms with Crippen LogP contribution >= 0.6 is 0 Å². The summed E-state index contributed by atoms with van der Waals surface area (Å²) in [6, 6.07) is 3.31. The summed E-state index contributed by atoms with van der Waals surface area (Å²) in [6.07, 6.45) is -0.857. The second kappa shape index (κ2) is 4.05. The SMILES string of the molecule is O=C(O)CC1C(=O)Nc2c(F)cccc2S1(=O)=O. The normalized spacial score (nSPS) is 20.9. The fourth-order valence-electron chi connectivity index (χ4n) is 1.72. The highest BCUT2D eigenvalue weighted by atomic mass is 32.2. The largest absolute Gasteiger partial charge is 0.481 e. The van der Waals surface area contributed by atoms with E-state index in [1.807, 2.05) is 0 Å². The number of hydrogen-bond acceptors (Lipinski definition) is 4. The number of carbonyl (C=O) groups excluding carboxylic acids is 1. The number of carboxylic acids is 1. The van der Waals surface area contributed by atoms with E-state index in [1.165, 1.54) is 6.07 Å². The first-order valence-corrected chi connectivity index (χ1v) is 6.43.